The van der Waals surface area contributed by atoms with E-state index in [0.29, 0.717) is 22.5 Å². The van der Waals surface area contributed by atoms with Crippen LogP contribution in [0.4, 0.5) is 5.69 Å². The number of methoxy groups -OCH3 is 1. The zero-order valence-corrected chi connectivity index (χ0v) is 13.7. The first-order chi connectivity index (χ1) is 11.4. The average Bonchev–Trinajstić information content (AvgIpc) is 2.89. The Morgan fingerprint density at radius 1 is 1.17 bits per heavy atom. The van der Waals surface area contributed by atoms with E-state index in [9.17, 15) is 14.4 Å². The van der Waals surface area contributed by atoms with Crippen molar-refractivity contribution in [3.05, 3.63) is 58.9 Å². The summed E-state index contributed by atoms with van der Waals surface area (Å²) < 4.78 is 4.71. The van der Waals surface area contributed by atoms with Crippen molar-refractivity contribution < 1.29 is 19.1 Å². The third-order valence-electron chi connectivity index (χ3n) is 3.41. The number of aryl methyl sites for hydroxylation is 1. The Hall–Kier alpha value is -3.15. The van der Waals surface area contributed by atoms with Crippen LogP contribution in [0.15, 0.2) is 36.4 Å². The minimum atomic E-state index is -0.603. The number of aromatic nitrogens is 1. The highest BCUT2D eigenvalue weighted by molar-refractivity contribution is 6.07. The number of esters is 1. The van der Waals surface area contributed by atoms with Crippen molar-refractivity contribution in [1.82, 2.24) is 4.98 Å². The first-order valence-corrected chi connectivity index (χ1v) is 7.30. The molecule has 2 aromatic rings. The van der Waals surface area contributed by atoms with E-state index in [1.54, 1.807) is 31.2 Å². The van der Waals surface area contributed by atoms with Crippen molar-refractivity contribution in [3.63, 3.8) is 0 Å². The molecule has 0 saturated heterocycles. The summed E-state index contributed by atoms with van der Waals surface area (Å²) >= 11 is 0. The maximum atomic E-state index is 12.0. The number of nitrogens with one attached hydrogen (secondary N) is 2. The van der Waals surface area contributed by atoms with E-state index >= 15 is 0 Å². The molecule has 0 aliphatic heterocycles. The van der Waals surface area contributed by atoms with Crippen LogP contribution in [0.5, 0.6) is 0 Å². The van der Waals surface area contributed by atoms with Crippen LogP contribution in [0.1, 0.15) is 39.0 Å². The van der Waals surface area contributed by atoms with E-state index in [0.717, 1.165) is 0 Å². The van der Waals surface area contributed by atoms with E-state index in [1.807, 2.05) is 6.07 Å². The lowest BCUT2D eigenvalue weighted by atomic mass is 10.0. The number of Topliss-reactive ketones (excluding diaryl/α,β-unsaturated/α-hetero) is 1. The van der Waals surface area contributed by atoms with Gasteiger partial charge in [-0.15, -0.1) is 0 Å². The molecular formula is C18H18N2O4. The standard InChI is InChI=1S/C18H18N2O4/c1-11-16(12(2)21)14(17(19-11)18(23)24-3)9-10-15(22)20-13-7-5-4-6-8-13/h4-10,19H,1-3H3,(H,20,22)/b10-9+. The number of para-hydroxylation sites is 1. The first-order valence-electron chi connectivity index (χ1n) is 7.30. The number of ketones is 1. The van der Waals surface area contributed by atoms with Gasteiger partial charge in [-0.2, -0.15) is 0 Å². The van der Waals surface area contributed by atoms with Crippen LogP contribution in [0.3, 0.4) is 0 Å². The summed E-state index contributed by atoms with van der Waals surface area (Å²) in [5.41, 5.74) is 2.04. The Labute approximate surface area is 139 Å². The molecule has 6 heteroatoms. The normalized spacial score (nSPS) is 10.6. The summed E-state index contributed by atoms with van der Waals surface area (Å²) in [7, 11) is 1.25. The topological polar surface area (TPSA) is 88.3 Å². The molecule has 0 aliphatic carbocycles. The Bertz CT molecular complexity index is 804. The molecule has 2 N–H and O–H groups in total. The fraction of sp³-hybridized carbons (Fsp3) is 0.167. The van der Waals surface area contributed by atoms with Gasteiger partial charge in [0.15, 0.2) is 5.78 Å². The number of carbonyl (C=O) groups is 3. The minimum absolute atomic E-state index is 0.143. The van der Waals surface area contributed by atoms with E-state index < -0.39 is 5.97 Å². The highest BCUT2D eigenvalue weighted by Crippen LogP contribution is 2.22. The van der Waals surface area contributed by atoms with Gasteiger partial charge < -0.3 is 15.0 Å². The van der Waals surface area contributed by atoms with Gasteiger partial charge in [-0.3, -0.25) is 9.59 Å². The highest BCUT2D eigenvalue weighted by Gasteiger charge is 2.21. The number of hydrogen-bond donors (Lipinski definition) is 2. The van der Waals surface area contributed by atoms with Gasteiger partial charge in [0.25, 0.3) is 0 Å². The van der Waals surface area contributed by atoms with Gasteiger partial charge in [-0.25, -0.2) is 4.79 Å². The number of rotatable bonds is 5. The van der Waals surface area contributed by atoms with Crippen molar-refractivity contribution in [1.29, 1.82) is 0 Å². The maximum absolute atomic E-state index is 12.0. The molecule has 124 valence electrons. The number of H-pyrrole nitrogens is 1. The van der Waals surface area contributed by atoms with Gasteiger partial charge >= 0.3 is 5.97 Å². The molecule has 2 rings (SSSR count). The van der Waals surface area contributed by atoms with Gasteiger partial charge in [0, 0.05) is 28.6 Å². The molecule has 1 heterocycles. The second-order valence-electron chi connectivity index (χ2n) is 5.15. The van der Waals surface area contributed by atoms with Crippen LogP contribution in [-0.2, 0) is 9.53 Å². The summed E-state index contributed by atoms with van der Waals surface area (Å²) in [5, 5.41) is 2.69. The Kier molecular flexibility index (Phi) is 5.31. The quantitative estimate of drug-likeness (QED) is 0.502. The van der Waals surface area contributed by atoms with Crippen LogP contribution in [0, 0.1) is 6.92 Å². The number of aromatic amines is 1. The molecule has 1 aromatic heterocycles. The van der Waals surface area contributed by atoms with Crippen LogP contribution in [-0.4, -0.2) is 29.8 Å². The number of anilines is 1. The van der Waals surface area contributed by atoms with E-state index in [4.69, 9.17) is 4.74 Å². The van der Waals surface area contributed by atoms with Crippen molar-refractivity contribution in [2.75, 3.05) is 12.4 Å². The molecule has 0 atom stereocenters. The Morgan fingerprint density at radius 2 is 1.83 bits per heavy atom. The van der Waals surface area contributed by atoms with E-state index in [2.05, 4.69) is 10.3 Å². The van der Waals surface area contributed by atoms with Gasteiger partial charge in [0.1, 0.15) is 5.69 Å². The lowest BCUT2D eigenvalue weighted by molar-refractivity contribution is -0.111. The summed E-state index contributed by atoms with van der Waals surface area (Å²) in [6.07, 6.45) is 2.71. The van der Waals surface area contributed by atoms with Crippen LogP contribution in [0.25, 0.3) is 6.08 Å². The number of hydrogen-bond acceptors (Lipinski definition) is 4. The lowest BCUT2D eigenvalue weighted by Gasteiger charge is -2.02. The third kappa shape index (κ3) is 3.78. The molecule has 0 radical (unpaired) electrons. The zero-order valence-electron chi connectivity index (χ0n) is 13.7. The molecule has 1 aromatic carbocycles. The van der Waals surface area contributed by atoms with Gasteiger partial charge in [0.2, 0.25) is 5.91 Å². The number of carbonyl (C=O) groups excluding carboxylic acids is 3. The summed E-state index contributed by atoms with van der Waals surface area (Å²) in [5.74, 6) is -1.18. The first kappa shape index (κ1) is 17.2. The van der Waals surface area contributed by atoms with Crippen LogP contribution >= 0.6 is 0 Å². The SMILES string of the molecule is COC(=O)c1[nH]c(C)c(C(C)=O)c1/C=C/C(=O)Nc1ccccc1. The Balaban J connectivity index is 2.31. The average molecular weight is 326 g/mol. The monoisotopic (exact) mass is 326 g/mol. The maximum Gasteiger partial charge on any atom is 0.355 e. The van der Waals surface area contributed by atoms with Crippen molar-refractivity contribution in [2.45, 2.75) is 13.8 Å². The predicted molar refractivity (Wildman–Crippen MR) is 91.0 cm³/mol. The lowest BCUT2D eigenvalue weighted by Crippen LogP contribution is -2.08. The number of amides is 1. The van der Waals surface area contributed by atoms with Crippen molar-refractivity contribution in [3.8, 4) is 0 Å². The second-order valence-corrected chi connectivity index (χ2v) is 5.15. The van der Waals surface area contributed by atoms with Crippen LogP contribution in [0.2, 0.25) is 0 Å². The molecule has 0 bridgehead atoms. The predicted octanol–water partition coefficient (Wildman–Crippen LogP) is 2.96. The molecule has 24 heavy (non-hydrogen) atoms. The summed E-state index contributed by atoms with van der Waals surface area (Å²) in [6, 6.07) is 8.96. The molecule has 0 fully saturated rings. The fourth-order valence-electron chi connectivity index (χ4n) is 2.39. The van der Waals surface area contributed by atoms with E-state index in [1.165, 1.54) is 26.2 Å². The molecule has 0 saturated carbocycles. The molecule has 0 spiro atoms. The molecular weight excluding hydrogens is 308 g/mol. The molecule has 0 aliphatic rings. The Morgan fingerprint density at radius 3 is 2.42 bits per heavy atom. The van der Waals surface area contributed by atoms with Crippen LogP contribution < -0.4 is 5.32 Å². The highest BCUT2D eigenvalue weighted by atomic mass is 16.5. The number of ether oxygens (including phenoxy) is 1. The van der Waals surface area contributed by atoms with Crippen molar-refractivity contribution >= 4 is 29.4 Å². The largest absolute Gasteiger partial charge is 0.464 e. The van der Waals surface area contributed by atoms with Gasteiger partial charge in [0.05, 0.1) is 7.11 Å². The molecule has 0 unspecified atom stereocenters. The van der Waals surface area contributed by atoms with Gasteiger partial charge in [-0.05, 0) is 32.1 Å². The van der Waals surface area contributed by atoms with Crippen molar-refractivity contribution in [2.24, 2.45) is 0 Å². The second kappa shape index (κ2) is 7.41. The molecule has 1 amide bonds. The summed E-state index contributed by atoms with van der Waals surface area (Å²) in [6.45, 7) is 3.09. The fourth-order valence-corrected chi connectivity index (χ4v) is 2.39. The van der Waals surface area contributed by atoms with Gasteiger partial charge in [-0.1, -0.05) is 18.2 Å². The smallest absolute Gasteiger partial charge is 0.355 e. The van der Waals surface area contributed by atoms with E-state index in [-0.39, 0.29) is 17.4 Å². The third-order valence-corrected chi connectivity index (χ3v) is 3.41. The number of benzene rings is 1. The minimum Gasteiger partial charge on any atom is -0.464 e. The zero-order chi connectivity index (χ0) is 17.7. The summed E-state index contributed by atoms with van der Waals surface area (Å²) in [4.78, 5) is 38.6. The molecule has 6 nitrogen and oxygen atoms in total.